The van der Waals surface area contributed by atoms with E-state index in [9.17, 15) is 4.79 Å². The fourth-order valence-corrected chi connectivity index (χ4v) is 11.1. The third-order valence-electron chi connectivity index (χ3n) is 10.2. The van der Waals surface area contributed by atoms with Gasteiger partial charge in [-0.2, -0.15) is 0 Å². The van der Waals surface area contributed by atoms with Gasteiger partial charge in [-0.3, -0.25) is 4.90 Å². The second-order valence-electron chi connectivity index (χ2n) is 14.1. The molecule has 0 spiro atoms. The molecule has 2 aromatic heterocycles. The van der Waals surface area contributed by atoms with Crippen molar-refractivity contribution in [1.82, 2.24) is 19.7 Å². The second kappa shape index (κ2) is 14.4. The summed E-state index contributed by atoms with van der Waals surface area (Å²) in [6.07, 6.45) is 2.56. The van der Waals surface area contributed by atoms with Crippen LogP contribution in [0.1, 0.15) is 57.0 Å². The molecule has 2 aliphatic rings. The molecule has 1 saturated heterocycles. The zero-order valence-electron chi connectivity index (χ0n) is 30.6. The number of rotatable bonds is 13. The Morgan fingerprint density at radius 3 is 2.38 bits per heavy atom. The molecular weight excluding hydrogens is 649 g/mol. The number of aryl methyl sites for hydroxylation is 2. The SMILES string of the molecule is CC[Si](CC)(OCCc1c(-n2ccc(N3CCN(Cc4ccc(OC)cc4)C3=O)n2)cc(C)nc1Nc1cc2c(cc1C)OCO2)C(C)(C)C. The Kier molecular flexibility index (Phi) is 10.1. The van der Waals surface area contributed by atoms with Crippen molar-refractivity contribution in [2.45, 2.75) is 78.6 Å². The third kappa shape index (κ3) is 7.04. The maximum Gasteiger partial charge on any atom is 0.326 e. The Balaban J connectivity index is 1.30. The molecule has 12 heteroatoms. The van der Waals surface area contributed by atoms with Crippen LogP contribution in [0.3, 0.4) is 0 Å². The van der Waals surface area contributed by atoms with Crippen LogP contribution < -0.4 is 24.4 Å². The Bertz CT molecular complexity index is 1830. The number of hydrogen-bond donors (Lipinski definition) is 1. The number of anilines is 3. The molecule has 1 N–H and O–H groups in total. The highest BCUT2D eigenvalue weighted by Gasteiger charge is 2.43. The van der Waals surface area contributed by atoms with Gasteiger partial charge in [-0.05, 0) is 66.4 Å². The first kappa shape index (κ1) is 35.3. The first-order chi connectivity index (χ1) is 23.9. The molecule has 1 fully saturated rings. The number of nitrogens with zero attached hydrogens (tertiary/aromatic N) is 5. The van der Waals surface area contributed by atoms with Crippen molar-refractivity contribution >= 4 is 31.7 Å². The molecule has 6 rings (SSSR count). The molecule has 0 aliphatic carbocycles. The number of hydrogen-bond acceptors (Lipinski definition) is 8. The molecule has 0 atom stereocenters. The highest BCUT2D eigenvalue weighted by Crippen LogP contribution is 2.43. The highest BCUT2D eigenvalue weighted by molar-refractivity contribution is 6.76. The average Bonchev–Trinajstić information content (AvgIpc) is 3.84. The Morgan fingerprint density at radius 1 is 0.980 bits per heavy atom. The minimum atomic E-state index is -2.03. The second-order valence-corrected chi connectivity index (χ2v) is 19.3. The molecule has 2 amide bonds. The summed E-state index contributed by atoms with van der Waals surface area (Å²) in [4.78, 5) is 22.2. The first-order valence-electron chi connectivity index (χ1n) is 17.5. The van der Waals surface area contributed by atoms with Gasteiger partial charge in [0.15, 0.2) is 25.6 Å². The lowest BCUT2D eigenvalue weighted by molar-refractivity contribution is 0.174. The van der Waals surface area contributed by atoms with E-state index in [4.69, 9.17) is 28.7 Å². The van der Waals surface area contributed by atoms with Gasteiger partial charge in [0.1, 0.15) is 11.6 Å². The Morgan fingerprint density at radius 2 is 1.70 bits per heavy atom. The smallest absolute Gasteiger partial charge is 0.326 e. The number of ether oxygens (including phenoxy) is 3. The van der Waals surface area contributed by atoms with Gasteiger partial charge < -0.3 is 28.9 Å². The first-order valence-corrected chi connectivity index (χ1v) is 19.8. The van der Waals surface area contributed by atoms with Crippen LogP contribution in [0.25, 0.3) is 5.69 Å². The minimum Gasteiger partial charge on any atom is -0.497 e. The minimum absolute atomic E-state index is 0.0613. The fourth-order valence-electron chi connectivity index (χ4n) is 7.11. The van der Waals surface area contributed by atoms with Crippen LogP contribution >= 0.6 is 0 Å². The molecular formula is C38H50N6O5Si. The maximum absolute atomic E-state index is 13.6. The molecule has 4 aromatic rings. The highest BCUT2D eigenvalue weighted by atomic mass is 28.4. The molecule has 4 heterocycles. The van der Waals surface area contributed by atoms with Crippen LogP contribution in [0.5, 0.6) is 17.2 Å². The van der Waals surface area contributed by atoms with Crippen molar-refractivity contribution in [1.29, 1.82) is 0 Å². The summed E-state index contributed by atoms with van der Waals surface area (Å²) in [7, 11) is -0.380. The summed E-state index contributed by atoms with van der Waals surface area (Å²) in [5.41, 5.74) is 5.68. The van der Waals surface area contributed by atoms with Gasteiger partial charge in [0.2, 0.25) is 6.79 Å². The van der Waals surface area contributed by atoms with Crippen molar-refractivity contribution < 1.29 is 23.4 Å². The number of nitrogens with one attached hydrogen (secondary N) is 1. The molecule has 0 unspecified atom stereocenters. The van der Waals surface area contributed by atoms with Crippen molar-refractivity contribution in [3.05, 3.63) is 77.1 Å². The topological polar surface area (TPSA) is 103 Å². The number of fused-ring (bicyclic) bond motifs is 1. The van der Waals surface area contributed by atoms with Crippen molar-refractivity contribution in [2.24, 2.45) is 0 Å². The van der Waals surface area contributed by atoms with Crippen molar-refractivity contribution in [2.75, 3.05) is 43.8 Å². The number of methoxy groups -OCH3 is 1. The number of urea groups is 1. The fraction of sp³-hybridized carbons (Fsp3) is 0.447. The number of benzene rings is 2. The zero-order chi connectivity index (χ0) is 35.6. The predicted molar refractivity (Wildman–Crippen MR) is 199 cm³/mol. The largest absolute Gasteiger partial charge is 0.497 e. The lowest BCUT2D eigenvalue weighted by atomic mass is 10.1. The van der Waals surface area contributed by atoms with E-state index in [2.05, 4.69) is 46.0 Å². The lowest BCUT2D eigenvalue weighted by Crippen LogP contribution is -2.46. The van der Waals surface area contributed by atoms with E-state index in [1.165, 1.54) is 0 Å². The third-order valence-corrected chi connectivity index (χ3v) is 15.9. The molecule has 266 valence electrons. The Labute approximate surface area is 296 Å². The Hall–Kier alpha value is -4.55. The van der Waals surface area contributed by atoms with Crippen molar-refractivity contribution in [3.63, 3.8) is 0 Å². The van der Waals surface area contributed by atoms with Crippen LogP contribution in [-0.4, -0.2) is 67.6 Å². The predicted octanol–water partition coefficient (Wildman–Crippen LogP) is 8.15. The van der Waals surface area contributed by atoms with E-state index >= 15 is 0 Å². The monoisotopic (exact) mass is 698 g/mol. The van der Waals surface area contributed by atoms with E-state index in [-0.39, 0.29) is 17.9 Å². The maximum atomic E-state index is 13.6. The quantitative estimate of drug-likeness (QED) is 0.140. The van der Waals surface area contributed by atoms with Crippen LogP contribution in [0.2, 0.25) is 17.1 Å². The van der Waals surface area contributed by atoms with Crippen LogP contribution in [0, 0.1) is 13.8 Å². The summed E-state index contributed by atoms with van der Waals surface area (Å²) in [6, 6.07) is 17.8. The number of aromatic nitrogens is 3. The van der Waals surface area contributed by atoms with E-state index in [1.807, 2.05) is 72.1 Å². The zero-order valence-corrected chi connectivity index (χ0v) is 31.6. The van der Waals surface area contributed by atoms with Gasteiger partial charge >= 0.3 is 6.03 Å². The standard InChI is InChI=1S/C38H50N6O5Si/c1-9-50(10-2,38(5,6)7)49-20-16-30-32(22-27(4)39-36(30)40-31-23-34-33(21-26(31)3)47-25-48-34)44-17-15-35(41-44)43-19-18-42(37(43)45)24-28-11-13-29(46-8)14-12-28/h11-15,17,21-23H,9-10,16,18-20,24-25H2,1-8H3,(H,39,40). The molecule has 0 radical (unpaired) electrons. The normalized spacial score (nSPS) is 14.5. The van der Waals surface area contributed by atoms with Crippen LogP contribution in [0.4, 0.5) is 22.1 Å². The van der Waals surface area contributed by atoms with Gasteiger partial charge in [0.05, 0.1) is 12.8 Å². The molecule has 0 saturated carbocycles. The number of pyridine rings is 1. The van der Waals surface area contributed by atoms with Gasteiger partial charge in [-0.1, -0.05) is 46.8 Å². The van der Waals surface area contributed by atoms with Gasteiger partial charge in [0, 0.05) is 67.9 Å². The molecule has 0 bridgehead atoms. The summed E-state index contributed by atoms with van der Waals surface area (Å²) >= 11 is 0. The van der Waals surface area contributed by atoms with Crippen LogP contribution in [-0.2, 0) is 17.4 Å². The van der Waals surface area contributed by atoms with E-state index < -0.39 is 8.32 Å². The number of carbonyl (C=O) groups excluding carboxylic acids is 1. The number of carbonyl (C=O) groups is 1. The molecule has 11 nitrogen and oxygen atoms in total. The van der Waals surface area contributed by atoms with Crippen LogP contribution in [0.15, 0.2) is 54.7 Å². The van der Waals surface area contributed by atoms with E-state index in [1.54, 1.807) is 12.0 Å². The van der Waals surface area contributed by atoms with E-state index in [0.29, 0.717) is 44.2 Å². The van der Waals surface area contributed by atoms with Gasteiger partial charge in [-0.25, -0.2) is 14.5 Å². The molecule has 50 heavy (non-hydrogen) atoms. The average molecular weight is 699 g/mol. The van der Waals surface area contributed by atoms with Crippen molar-refractivity contribution in [3.8, 4) is 22.9 Å². The number of amides is 2. The molecule has 2 aromatic carbocycles. The summed E-state index contributed by atoms with van der Waals surface area (Å²) in [5, 5.41) is 8.70. The molecule has 2 aliphatic heterocycles. The van der Waals surface area contributed by atoms with Gasteiger partial charge in [0.25, 0.3) is 0 Å². The lowest BCUT2D eigenvalue weighted by Gasteiger charge is -2.41. The van der Waals surface area contributed by atoms with Gasteiger partial charge in [-0.15, -0.1) is 5.10 Å². The van der Waals surface area contributed by atoms with E-state index in [0.717, 1.165) is 63.2 Å². The summed E-state index contributed by atoms with van der Waals surface area (Å²) in [5.74, 6) is 3.59. The summed E-state index contributed by atoms with van der Waals surface area (Å²) in [6.45, 7) is 18.0. The summed E-state index contributed by atoms with van der Waals surface area (Å²) < 4.78 is 25.4.